The van der Waals surface area contributed by atoms with Crippen LogP contribution >= 0.6 is 0 Å². The van der Waals surface area contributed by atoms with Gasteiger partial charge in [-0.3, -0.25) is 0 Å². The van der Waals surface area contributed by atoms with E-state index in [0.717, 1.165) is 13.0 Å². The largest absolute Gasteiger partial charge is 0.384 e. The molecule has 1 aliphatic rings. The number of rotatable bonds is 6. The average Bonchev–Trinajstić information content (AvgIpc) is 2.74. The molecule has 1 heterocycles. The van der Waals surface area contributed by atoms with Gasteiger partial charge in [0.2, 0.25) is 0 Å². The maximum absolute atomic E-state index is 5.61. The Kier molecular flexibility index (Phi) is 4.40. The molecule has 1 atom stereocenters. The zero-order valence-corrected chi connectivity index (χ0v) is 10.6. The second-order valence-corrected chi connectivity index (χ2v) is 4.24. The minimum Gasteiger partial charge on any atom is -0.384 e. The van der Waals surface area contributed by atoms with E-state index in [9.17, 15) is 0 Å². The van der Waals surface area contributed by atoms with Crippen LogP contribution in [0.5, 0.6) is 0 Å². The first-order valence-electron chi connectivity index (χ1n) is 6.41. The van der Waals surface area contributed by atoms with Crippen molar-refractivity contribution in [2.45, 2.75) is 32.5 Å². The summed E-state index contributed by atoms with van der Waals surface area (Å²) in [6, 6.07) is 8.48. The van der Waals surface area contributed by atoms with Crippen LogP contribution in [0.25, 0.3) is 0 Å². The Morgan fingerprint density at radius 2 is 1.94 bits per heavy atom. The Bertz CT molecular complexity index is 348. The van der Waals surface area contributed by atoms with Crippen molar-refractivity contribution < 1.29 is 9.47 Å². The summed E-state index contributed by atoms with van der Waals surface area (Å²) < 4.78 is 11.2. The Balaban J connectivity index is 1.99. The summed E-state index contributed by atoms with van der Waals surface area (Å²) in [5.41, 5.74) is 2.64. The van der Waals surface area contributed by atoms with Crippen molar-refractivity contribution in [3.8, 4) is 0 Å². The lowest BCUT2D eigenvalue weighted by molar-refractivity contribution is -0.141. The van der Waals surface area contributed by atoms with Gasteiger partial charge in [-0.25, -0.2) is 0 Å². The highest BCUT2D eigenvalue weighted by atomic mass is 16.7. The quantitative estimate of drug-likeness (QED) is 0.769. The van der Waals surface area contributed by atoms with Crippen LogP contribution < -0.4 is 5.32 Å². The van der Waals surface area contributed by atoms with Crippen molar-refractivity contribution >= 4 is 5.69 Å². The van der Waals surface area contributed by atoms with Crippen LogP contribution in [0.4, 0.5) is 5.69 Å². The average molecular weight is 235 g/mol. The summed E-state index contributed by atoms with van der Waals surface area (Å²) in [6.07, 6.45) is 0.842. The summed E-state index contributed by atoms with van der Waals surface area (Å²) in [4.78, 5) is 0. The number of hydrogen-bond acceptors (Lipinski definition) is 3. The van der Waals surface area contributed by atoms with E-state index in [0.29, 0.717) is 19.1 Å². The molecule has 0 bridgehead atoms. The monoisotopic (exact) mass is 235 g/mol. The van der Waals surface area contributed by atoms with Gasteiger partial charge in [-0.2, -0.15) is 0 Å². The lowest BCUT2D eigenvalue weighted by atomic mass is 9.98. The maximum Gasteiger partial charge on any atom is 0.158 e. The topological polar surface area (TPSA) is 30.5 Å². The highest BCUT2D eigenvalue weighted by Gasteiger charge is 2.25. The van der Waals surface area contributed by atoms with Crippen LogP contribution in [0, 0.1) is 0 Å². The Hall–Kier alpha value is -1.06. The molecule has 94 valence electrons. The van der Waals surface area contributed by atoms with E-state index in [1.807, 2.05) is 13.8 Å². The number of anilines is 1. The lowest BCUT2D eigenvalue weighted by Gasteiger charge is -2.20. The molecule has 1 N–H and O–H groups in total. The van der Waals surface area contributed by atoms with Crippen molar-refractivity contribution in [1.29, 1.82) is 0 Å². The van der Waals surface area contributed by atoms with Gasteiger partial charge in [0, 0.05) is 37.8 Å². The van der Waals surface area contributed by atoms with Gasteiger partial charge in [-0.1, -0.05) is 18.2 Å². The molecule has 0 amide bonds. The van der Waals surface area contributed by atoms with Crippen LogP contribution in [0.1, 0.15) is 31.7 Å². The van der Waals surface area contributed by atoms with Crippen molar-refractivity contribution in [3.05, 3.63) is 29.8 Å². The SMILES string of the molecule is CCOC(CC1CNc2ccccc21)OCC. The van der Waals surface area contributed by atoms with Crippen LogP contribution in [0.2, 0.25) is 0 Å². The molecule has 3 heteroatoms. The van der Waals surface area contributed by atoms with Crippen LogP contribution in [0.3, 0.4) is 0 Å². The third kappa shape index (κ3) is 2.99. The minimum absolute atomic E-state index is 0.0806. The maximum atomic E-state index is 5.61. The molecule has 0 aromatic heterocycles. The van der Waals surface area contributed by atoms with Gasteiger partial charge < -0.3 is 14.8 Å². The molecule has 0 saturated carbocycles. The van der Waals surface area contributed by atoms with E-state index in [1.54, 1.807) is 0 Å². The van der Waals surface area contributed by atoms with Gasteiger partial charge in [0.25, 0.3) is 0 Å². The van der Waals surface area contributed by atoms with Crippen LogP contribution in [-0.2, 0) is 9.47 Å². The molecule has 0 spiro atoms. The summed E-state index contributed by atoms with van der Waals surface area (Å²) in [5.74, 6) is 0.495. The van der Waals surface area contributed by atoms with Crippen molar-refractivity contribution in [2.24, 2.45) is 0 Å². The van der Waals surface area contributed by atoms with Gasteiger partial charge in [0.05, 0.1) is 0 Å². The van der Waals surface area contributed by atoms with Crippen LogP contribution in [0.15, 0.2) is 24.3 Å². The van der Waals surface area contributed by atoms with Gasteiger partial charge in [-0.05, 0) is 25.5 Å². The molecular formula is C14H21NO2. The van der Waals surface area contributed by atoms with E-state index >= 15 is 0 Å². The van der Waals surface area contributed by atoms with E-state index < -0.39 is 0 Å². The second kappa shape index (κ2) is 6.03. The smallest absolute Gasteiger partial charge is 0.158 e. The minimum atomic E-state index is -0.0806. The van der Waals surface area contributed by atoms with Gasteiger partial charge in [-0.15, -0.1) is 0 Å². The number of nitrogens with one attached hydrogen (secondary N) is 1. The number of hydrogen-bond donors (Lipinski definition) is 1. The predicted molar refractivity (Wildman–Crippen MR) is 69.3 cm³/mol. The fraction of sp³-hybridized carbons (Fsp3) is 0.571. The Morgan fingerprint density at radius 3 is 2.65 bits per heavy atom. The molecular weight excluding hydrogens is 214 g/mol. The highest BCUT2D eigenvalue weighted by molar-refractivity contribution is 5.57. The first-order chi connectivity index (χ1) is 8.35. The molecule has 2 rings (SSSR count). The summed E-state index contributed by atoms with van der Waals surface area (Å²) in [7, 11) is 0. The molecule has 1 unspecified atom stereocenters. The third-order valence-corrected chi connectivity index (χ3v) is 3.12. The molecule has 17 heavy (non-hydrogen) atoms. The fourth-order valence-electron chi connectivity index (χ4n) is 2.36. The molecule has 0 radical (unpaired) electrons. The highest BCUT2D eigenvalue weighted by Crippen LogP contribution is 2.34. The number of fused-ring (bicyclic) bond motifs is 1. The molecule has 1 aromatic carbocycles. The van der Waals surface area contributed by atoms with E-state index in [4.69, 9.17) is 9.47 Å². The van der Waals surface area contributed by atoms with Crippen molar-refractivity contribution in [3.63, 3.8) is 0 Å². The molecule has 3 nitrogen and oxygen atoms in total. The van der Waals surface area contributed by atoms with Crippen molar-refractivity contribution in [2.75, 3.05) is 25.1 Å². The van der Waals surface area contributed by atoms with Crippen molar-refractivity contribution in [1.82, 2.24) is 0 Å². The van der Waals surface area contributed by atoms with E-state index in [2.05, 4.69) is 29.6 Å². The number of para-hydroxylation sites is 1. The Morgan fingerprint density at radius 1 is 1.24 bits per heavy atom. The van der Waals surface area contributed by atoms with Gasteiger partial charge >= 0.3 is 0 Å². The second-order valence-electron chi connectivity index (χ2n) is 4.24. The molecule has 0 fully saturated rings. The fourth-order valence-corrected chi connectivity index (χ4v) is 2.36. The van der Waals surface area contributed by atoms with Gasteiger partial charge in [0.15, 0.2) is 6.29 Å². The normalized spacial score (nSPS) is 18.2. The van der Waals surface area contributed by atoms with Crippen LogP contribution in [-0.4, -0.2) is 26.0 Å². The molecule has 0 aliphatic carbocycles. The summed E-state index contributed by atoms with van der Waals surface area (Å²) in [5, 5.41) is 3.43. The summed E-state index contributed by atoms with van der Waals surface area (Å²) >= 11 is 0. The van der Waals surface area contributed by atoms with E-state index in [-0.39, 0.29) is 6.29 Å². The first-order valence-corrected chi connectivity index (χ1v) is 6.41. The van der Waals surface area contributed by atoms with Gasteiger partial charge in [0.1, 0.15) is 0 Å². The standard InChI is InChI=1S/C14H21NO2/c1-3-16-14(17-4-2)9-11-10-15-13-8-6-5-7-12(11)13/h5-8,11,14-15H,3-4,9-10H2,1-2H3. The Labute approximate surface area is 103 Å². The number of ether oxygens (including phenoxy) is 2. The lowest BCUT2D eigenvalue weighted by Crippen LogP contribution is -2.21. The first kappa shape index (κ1) is 12.4. The molecule has 0 saturated heterocycles. The molecule has 1 aliphatic heterocycles. The van der Waals surface area contributed by atoms with E-state index in [1.165, 1.54) is 11.3 Å². The summed E-state index contributed by atoms with van der Waals surface area (Å²) in [6.45, 7) is 6.40. The molecule has 1 aromatic rings. The predicted octanol–water partition coefficient (Wildman–Crippen LogP) is 2.98. The zero-order valence-electron chi connectivity index (χ0n) is 10.6. The third-order valence-electron chi connectivity index (χ3n) is 3.12. The number of benzene rings is 1. The zero-order chi connectivity index (χ0) is 12.1.